The zero-order valence-electron chi connectivity index (χ0n) is 8.15. The van der Waals surface area contributed by atoms with Gasteiger partial charge in [0.2, 0.25) is 0 Å². The minimum atomic E-state index is -0.749. The fourth-order valence-electron chi connectivity index (χ4n) is 1.41. The number of thiophene rings is 1. The Morgan fingerprint density at radius 1 is 1.79 bits per heavy atom. The normalized spacial score (nSPS) is 30.0. The molecule has 1 aromatic rings. The van der Waals surface area contributed by atoms with Gasteiger partial charge in [0.05, 0.1) is 6.61 Å². The summed E-state index contributed by atoms with van der Waals surface area (Å²) in [6.07, 6.45) is -0.110. The van der Waals surface area contributed by atoms with Crippen LogP contribution in [0.1, 0.15) is 24.8 Å². The minimum absolute atomic E-state index is 0.110. The van der Waals surface area contributed by atoms with E-state index in [4.69, 9.17) is 9.47 Å². The molecule has 1 fully saturated rings. The number of ether oxygens (including phenoxy) is 2. The maximum absolute atomic E-state index is 11.5. The van der Waals surface area contributed by atoms with Crippen LogP contribution in [0.25, 0.3) is 0 Å². The van der Waals surface area contributed by atoms with Gasteiger partial charge in [0.25, 0.3) is 0 Å². The summed E-state index contributed by atoms with van der Waals surface area (Å²) in [5.74, 6) is -0.265. The maximum Gasteiger partial charge on any atom is 0.341 e. The SMILES string of the molecule is CCOC(=O)C1(C)OC1c1cccs1. The second kappa shape index (κ2) is 3.37. The van der Waals surface area contributed by atoms with E-state index in [0.29, 0.717) is 6.61 Å². The zero-order chi connectivity index (χ0) is 10.2. The molecule has 1 aromatic heterocycles. The molecule has 0 N–H and O–H groups in total. The van der Waals surface area contributed by atoms with Crippen molar-refractivity contribution < 1.29 is 14.3 Å². The highest BCUT2D eigenvalue weighted by atomic mass is 32.1. The molecule has 0 radical (unpaired) electrons. The lowest BCUT2D eigenvalue weighted by Gasteiger charge is -2.04. The molecule has 1 aliphatic rings. The first-order valence-corrected chi connectivity index (χ1v) is 5.45. The summed E-state index contributed by atoms with van der Waals surface area (Å²) in [7, 11) is 0. The summed E-state index contributed by atoms with van der Waals surface area (Å²) >= 11 is 1.60. The molecule has 2 atom stereocenters. The average Bonchev–Trinajstić information content (AvgIpc) is 2.66. The van der Waals surface area contributed by atoms with Crippen LogP contribution >= 0.6 is 11.3 Å². The highest BCUT2D eigenvalue weighted by molar-refractivity contribution is 7.10. The van der Waals surface area contributed by atoms with E-state index in [1.807, 2.05) is 17.5 Å². The number of rotatable bonds is 3. The van der Waals surface area contributed by atoms with E-state index < -0.39 is 5.60 Å². The van der Waals surface area contributed by atoms with Crippen molar-refractivity contribution in [3.8, 4) is 0 Å². The van der Waals surface area contributed by atoms with Gasteiger partial charge in [-0.3, -0.25) is 0 Å². The van der Waals surface area contributed by atoms with Crippen LogP contribution in [-0.2, 0) is 14.3 Å². The first-order chi connectivity index (χ1) is 6.68. The average molecular weight is 212 g/mol. The third-order valence-corrected chi connectivity index (χ3v) is 3.20. The molecule has 0 spiro atoms. The van der Waals surface area contributed by atoms with Crippen LogP contribution in [0.15, 0.2) is 17.5 Å². The largest absolute Gasteiger partial charge is 0.464 e. The highest BCUT2D eigenvalue weighted by Crippen LogP contribution is 2.51. The Hall–Kier alpha value is -0.870. The van der Waals surface area contributed by atoms with Crippen LogP contribution < -0.4 is 0 Å². The zero-order valence-corrected chi connectivity index (χ0v) is 8.97. The number of hydrogen-bond donors (Lipinski definition) is 0. The van der Waals surface area contributed by atoms with Crippen LogP contribution in [0, 0.1) is 0 Å². The van der Waals surface area contributed by atoms with Crippen molar-refractivity contribution >= 4 is 17.3 Å². The van der Waals surface area contributed by atoms with Crippen molar-refractivity contribution in [2.45, 2.75) is 25.6 Å². The second-order valence-electron chi connectivity index (χ2n) is 3.34. The summed E-state index contributed by atoms with van der Waals surface area (Å²) in [6, 6.07) is 3.92. The predicted molar refractivity (Wildman–Crippen MR) is 53.2 cm³/mol. The third kappa shape index (κ3) is 1.44. The van der Waals surface area contributed by atoms with E-state index in [1.165, 1.54) is 0 Å². The molecule has 14 heavy (non-hydrogen) atoms. The van der Waals surface area contributed by atoms with E-state index in [1.54, 1.807) is 25.2 Å². The number of epoxide rings is 1. The highest BCUT2D eigenvalue weighted by Gasteiger charge is 2.61. The van der Waals surface area contributed by atoms with Gasteiger partial charge in [-0.15, -0.1) is 11.3 Å². The number of carbonyl (C=O) groups excluding carboxylic acids is 1. The molecule has 0 saturated carbocycles. The van der Waals surface area contributed by atoms with Gasteiger partial charge in [-0.05, 0) is 25.3 Å². The Morgan fingerprint density at radius 2 is 2.57 bits per heavy atom. The van der Waals surface area contributed by atoms with Crippen molar-refractivity contribution in [3.05, 3.63) is 22.4 Å². The van der Waals surface area contributed by atoms with Crippen LogP contribution in [0.3, 0.4) is 0 Å². The number of esters is 1. The molecule has 2 unspecified atom stereocenters. The summed E-state index contributed by atoms with van der Waals surface area (Å²) < 4.78 is 10.3. The fraction of sp³-hybridized carbons (Fsp3) is 0.500. The lowest BCUT2D eigenvalue weighted by molar-refractivity contribution is -0.148. The monoisotopic (exact) mass is 212 g/mol. The van der Waals surface area contributed by atoms with Crippen LogP contribution in [0.2, 0.25) is 0 Å². The minimum Gasteiger partial charge on any atom is -0.464 e. The summed E-state index contributed by atoms with van der Waals surface area (Å²) in [5, 5.41) is 1.97. The van der Waals surface area contributed by atoms with E-state index >= 15 is 0 Å². The fourth-order valence-corrected chi connectivity index (χ4v) is 2.28. The van der Waals surface area contributed by atoms with Crippen LogP contribution in [0.4, 0.5) is 0 Å². The Balaban J connectivity index is 2.06. The quantitative estimate of drug-likeness (QED) is 0.569. The lowest BCUT2D eigenvalue weighted by atomic mass is 10.1. The van der Waals surface area contributed by atoms with Gasteiger partial charge in [0.1, 0.15) is 6.10 Å². The van der Waals surface area contributed by atoms with Crippen LogP contribution in [-0.4, -0.2) is 18.2 Å². The Labute approximate surface area is 86.6 Å². The number of carbonyl (C=O) groups is 1. The molecule has 76 valence electrons. The molecular weight excluding hydrogens is 200 g/mol. The van der Waals surface area contributed by atoms with E-state index in [-0.39, 0.29) is 12.1 Å². The van der Waals surface area contributed by atoms with E-state index in [0.717, 1.165) is 4.88 Å². The van der Waals surface area contributed by atoms with Gasteiger partial charge >= 0.3 is 5.97 Å². The number of hydrogen-bond acceptors (Lipinski definition) is 4. The van der Waals surface area contributed by atoms with Crippen molar-refractivity contribution in [2.24, 2.45) is 0 Å². The van der Waals surface area contributed by atoms with Gasteiger partial charge in [0.15, 0.2) is 5.60 Å². The van der Waals surface area contributed by atoms with E-state index in [2.05, 4.69) is 0 Å². The summed E-state index contributed by atoms with van der Waals surface area (Å²) in [4.78, 5) is 12.6. The predicted octanol–water partition coefficient (Wildman–Crippen LogP) is 2.14. The van der Waals surface area contributed by atoms with Gasteiger partial charge in [-0.25, -0.2) is 4.79 Å². The van der Waals surface area contributed by atoms with E-state index in [9.17, 15) is 4.79 Å². The Bertz CT molecular complexity index is 333. The van der Waals surface area contributed by atoms with Crippen LogP contribution in [0.5, 0.6) is 0 Å². The van der Waals surface area contributed by atoms with Crippen molar-refractivity contribution in [1.29, 1.82) is 0 Å². The van der Waals surface area contributed by atoms with Crippen molar-refractivity contribution in [3.63, 3.8) is 0 Å². The van der Waals surface area contributed by atoms with Gasteiger partial charge < -0.3 is 9.47 Å². The smallest absolute Gasteiger partial charge is 0.341 e. The molecule has 0 aliphatic carbocycles. The maximum atomic E-state index is 11.5. The van der Waals surface area contributed by atoms with Gasteiger partial charge in [0, 0.05) is 4.88 Å². The Kier molecular flexibility index (Phi) is 2.33. The lowest BCUT2D eigenvalue weighted by Crippen LogP contribution is -2.23. The molecular formula is C10H12O3S. The third-order valence-electron chi connectivity index (χ3n) is 2.29. The first-order valence-electron chi connectivity index (χ1n) is 4.57. The molecule has 2 heterocycles. The molecule has 3 nitrogen and oxygen atoms in total. The Morgan fingerprint density at radius 3 is 3.14 bits per heavy atom. The standard InChI is InChI=1S/C10H12O3S/c1-3-12-9(11)10(2)8(13-10)7-5-4-6-14-7/h4-6,8H,3H2,1-2H3. The summed E-state index contributed by atoms with van der Waals surface area (Å²) in [6.45, 7) is 3.97. The molecule has 0 aromatic carbocycles. The second-order valence-corrected chi connectivity index (χ2v) is 4.32. The van der Waals surface area contributed by atoms with Crippen molar-refractivity contribution in [2.75, 3.05) is 6.61 Å². The van der Waals surface area contributed by atoms with Gasteiger partial charge in [-0.1, -0.05) is 6.07 Å². The van der Waals surface area contributed by atoms with Gasteiger partial charge in [-0.2, -0.15) is 0 Å². The first kappa shape index (κ1) is 9.68. The molecule has 2 rings (SSSR count). The topological polar surface area (TPSA) is 38.8 Å². The van der Waals surface area contributed by atoms with Crippen molar-refractivity contribution in [1.82, 2.24) is 0 Å². The molecule has 4 heteroatoms. The molecule has 0 bridgehead atoms. The summed E-state index contributed by atoms with van der Waals surface area (Å²) in [5.41, 5.74) is -0.749. The molecule has 0 amide bonds. The molecule has 1 aliphatic heterocycles. The molecule has 1 saturated heterocycles.